The van der Waals surface area contributed by atoms with E-state index in [0.29, 0.717) is 17.0 Å². The number of nitrogens with zero attached hydrogens (tertiary/aromatic N) is 2. The summed E-state index contributed by atoms with van der Waals surface area (Å²) in [6.07, 6.45) is 4.67. The summed E-state index contributed by atoms with van der Waals surface area (Å²) in [7, 11) is 1.98. The van der Waals surface area contributed by atoms with E-state index in [-0.39, 0.29) is 6.10 Å². The number of nitrogens with one attached hydrogen (secondary N) is 2. The molecule has 0 bridgehead atoms. The second-order valence-electron chi connectivity index (χ2n) is 5.81. The molecule has 0 saturated carbocycles. The number of rotatable bonds is 4. The standard InChI is InChI=1S/C16H18N4O3/c1-20-7-6-17-15(20)13-10(5-8-22-13)9-18-11-3-2-4-12-14(11)23-16(21)19-12/h2-4,6-7,10,13,18H,5,8-9H2,1H3,(H,19,21)/t10-,13+/m0/s1. The number of aromatic nitrogens is 3. The molecule has 2 atom stereocenters. The molecular formula is C16H18N4O3. The summed E-state index contributed by atoms with van der Waals surface area (Å²) >= 11 is 0. The molecule has 3 heterocycles. The number of para-hydroxylation sites is 1. The Morgan fingerprint density at radius 1 is 1.48 bits per heavy atom. The van der Waals surface area contributed by atoms with Crippen molar-refractivity contribution in [3.05, 3.63) is 47.0 Å². The van der Waals surface area contributed by atoms with Gasteiger partial charge < -0.3 is 19.0 Å². The van der Waals surface area contributed by atoms with E-state index in [9.17, 15) is 4.79 Å². The van der Waals surface area contributed by atoms with Crippen molar-refractivity contribution in [1.29, 1.82) is 0 Å². The normalized spacial score (nSPS) is 21.1. The Balaban J connectivity index is 1.54. The number of benzene rings is 1. The molecule has 120 valence electrons. The van der Waals surface area contributed by atoms with Gasteiger partial charge >= 0.3 is 5.76 Å². The van der Waals surface area contributed by atoms with Crippen LogP contribution in [0, 0.1) is 5.92 Å². The number of ether oxygens (including phenoxy) is 1. The van der Waals surface area contributed by atoms with Crippen LogP contribution < -0.4 is 11.1 Å². The fraction of sp³-hybridized carbons (Fsp3) is 0.375. The van der Waals surface area contributed by atoms with E-state index in [1.165, 1.54) is 0 Å². The van der Waals surface area contributed by atoms with Gasteiger partial charge in [-0.3, -0.25) is 4.98 Å². The number of oxazole rings is 1. The minimum Gasteiger partial charge on any atom is -0.406 e. The van der Waals surface area contributed by atoms with Crippen molar-refractivity contribution in [2.45, 2.75) is 12.5 Å². The van der Waals surface area contributed by atoms with E-state index >= 15 is 0 Å². The molecule has 7 heteroatoms. The van der Waals surface area contributed by atoms with Gasteiger partial charge in [0.15, 0.2) is 5.58 Å². The molecule has 0 radical (unpaired) electrons. The van der Waals surface area contributed by atoms with E-state index in [0.717, 1.165) is 31.1 Å². The van der Waals surface area contributed by atoms with E-state index in [4.69, 9.17) is 9.15 Å². The zero-order valence-corrected chi connectivity index (χ0v) is 12.8. The number of H-pyrrole nitrogens is 1. The Morgan fingerprint density at radius 3 is 3.22 bits per heavy atom. The van der Waals surface area contributed by atoms with Crippen LogP contribution in [0.15, 0.2) is 39.8 Å². The first kappa shape index (κ1) is 14.1. The Bertz CT molecular complexity index is 879. The predicted octanol–water partition coefficient (Wildman–Crippen LogP) is 2.04. The summed E-state index contributed by atoms with van der Waals surface area (Å²) < 4.78 is 13.1. The highest BCUT2D eigenvalue weighted by Gasteiger charge is 2.32. The first-order chi connectivity index (χ1) is 11.2. The van der Waals surface area contributed by atoms with Crippen LogP contribution in [0.3, 0.4) is 0 Å². The van der Waals surface area contributed by atoms with Crippen molar-refractivity contribution in [1.82, 2.24) is 14.5 Å². The fourth-order valence-corrected chi connectivity index (χ4v) is 3.13. The summed E-state index contributed by atoms with van der Waals surface area (Å²) in [5.74, 6) is 0.821. The van der Waals surface area contributed by atoms with Gasteiger partial charge in [0.05, 0.1) is 11.2 Å². The molecule has 0 aliphatic carbocycles. The van der Waals surface area contributed by atoms with Gasteiger partial charge in [0.25, 0.3) is 0 Å². The molecule has 1 aliphatic heterocycles. The number of aryl methyl sites for hydroxylation is 1. The lowest BCUT2D eigenvalue weighted by Crippen LogP contribution is -2.20. The van der Waals surface area contributed by atoms with Crippen LogP contribution in [0.1, 0.15) is 18.3 Å². The number of hydrogen-bond donors (Lipinski definition) is 2. The van der Waals surface area contributed by atoms with Crippen LogP contribution in [0.2, 0.25) is 0 Å². The van der Waals surface area contributed by atoms with Gasteiger partial charge in [-0.1, -0.05) is 6.07 Å². The lowest BCUT2D eigenvalue weighted by molar-refractivity contribution is 0.0839. The van der Waals surface area contributed by atoms with Gasteiger partial charge in [-0.2, -0.15) is 0 Å². The summed E-state index contributed by atoms with van der Waals surface area (Å²) in [6, 6.07) is 5.61. The molecule has 2 aromatic heterocycles. The molecule has 1 aliphatic rings. The van der Waals surface area contributed by atoms with Gasteiger partial charge in [0, 0.05) is 38.5 Å². The summed E-state index contributed by atoms with van der Waals surface area (Å²) in [4.78, 5) is 18.4. The molecule has 0 unspecified atom stereocenters. The number of hydrogen-bond acceptors (Lipinski definition) is 5. The Hall–Kier alpha value is -2.54. The van der Waals surface area contributed by atoms with Crippen LogP contribution >= 0.6 is 0 Å². The second-order valence-corrected chi connectivity index (χ2v) is 5.81. The van der Waals surface area contributed by atoms with E-state index in [2.05, 4.69) is 15.3 Å². The van der Waals surface area contributed by atoms with Gasteiger partial charge in [-0.15, -0.1) is 0 Å². The zero-order valence-electron chi connectivity index (χ0n) is 12.8. The van der Waals surface area contributed by atoms with Gasteiger partial charge in [0.2, 0.25) is 0 Å². The molecule has 1 saturated heterocycles. The molecule has 3 aromatic rings. The highest BCUT2D eigenvalue weighted by molar-refractivity contribution is 5.85. The van der Waals surface area contributed by atoms with Crippen molar-refractivity contribution in [2.75, 3.05) is 18.5 Å². The average molecular weight is 314 g/mol. The van der Waals surface area contributed by atoms with Crippen LogP contribution in [-0.2, 0) is 11.8 Å². The Morgan fingerprint density at radius 2 is 2.39 bits per heavy atom. The first-order valence-electron chi connectivity index (χ1n) is 7.67. The van der Waals surface area contributed by atoms with E-state index < -0.39 is 5.76 Å². The smallest absolute Gasteiger partial charge is 0.406 e. The molecular weight excluding hydrogens is 296 g/mol. The fourth-order valence-electron chi connectivity index (χ4n) is 3.13. The molecule has 4 rings (SSSR count). The maximum atomic E-state index is 11.4. The number of imidazole rings is 1. The summed E-state index contributed by atoms with van der Waals surface area (Å²) in [6.45, 7) is 1.46. The van der Waals surface area contributed by atoms with Gasteiger partial charge in [-0.05, 0) is 18.6 Å². The largest absolute Gasteiger partial charge is 0.417 e. The number of anilines is 1. The number of aromatic amines is 1. The van der Waals surface area contributed by atoms with Crippen molar-refractivity contribution in [2.24, 2.45) is 13.0 Å². The zero-order chi connectivity index (χ0) is 15.8. The lowest BCUT2D eigenvalue weighted by atomic mass is 10.0. The topological polar surface area (TPSA) is 85.1 Å². The van der Waals surface area contributed by atoms with Gasteiger partial charge in [0.1, 0.15) is 11.9 Å². The van der Waals surface area contributed by atoms with E-state index in [1.54, 1.807) is 6.20 Å². The molecule has 1 aromatic carbocycles. The third kappa shape index (κ3) is 2.53. The lowest BCUT2D eigenvalue weighted by Gasteiger charge is -2.19. The maximum Gasteiger partial charge on any atom is 0.417 e. The summed E-state index contributed by atoms with van der Waals surface area (Å²) in [5, 5.41) is 3.38. The first-order valence-corrected chi connectivity index (χ1v) is 7.67. The van der Waals surface area contributed by atoms with Crippen molar-refractivity contribution in [3.63, 3.8) is 0 Å². The van der Waals surface area contributed by atoms with Crippen molar-refractivity contribution < 1.29 is 9.15 Å². The average Bonchev–Trinajstić information content (AvgIpc) is 3.23. The molecule has 2 N–H and O–H groups in total. The van der Waals surface area contributed by atoms with Crippen molar-refractivity contribution >= 4 is 16.8 Å². The minimum atomic E-state index is -0.440. The highest BCUT2D eigenvalue weighted by atomic mass is 16.5. The maximum absolute atomic E-state index is 11.4. The van der Waals surface area contributed by atoms with Crippen LogP contribution in [0.5, 0.6) is 0 Å². The Labute approximate surface area is 132 Å². The van der Waals surface area contributed by atoms with E-state index in [1.807, 2.05) is 36.0 Å². The third-order valence-corrected chi connectivity index (χ3v) is 4.33. The predicted molar refractivity (Wildman–Crippen MR) is 85.3 cm³/mol. The SMILES string of the molecule is Cn1ccnc1[C@@H]1OCC[C@H]1CNc1cccc2[nH]c(=O)oc12. The quantitative estimate of drug-likeness (QED) is 0.770. The van der Waals surface area contributed by atoms with Crippen LogP contribution in [0.25, 0.3) is 11.1 Å². The van der Waals surface area contributed by atoms with Gasteiger partial charge in [-0.25, -0.2) is 9.78 Å². The van der Waals surface area contributed by atoms with Crippen LogP contribution in [-0.4, -0.2) is 27.7 Å². The molecule has 1 fully saturated rings. The second kappa shape index (κ2) is 5.58. The summed E-state index contributed by atoms with van der Waals surface area (Å²) in [5.41, 5.74) is 2.07. The molecule has 0 amide bonds. The minimum absolute atomic E-state index is 0.0139. The molecule has 0 spiro atoms. The molecule has 23 heavy (non-hydrogen) atoms. The van der Waals surface area contributed by atoms with Crippen LogP contribution in [0.4, 0.5) is 5.69 Å². The Kier molecular flexibility index (Phi) is 3.42. The molecule has 7 nitrogen and oxygen atoms in total. The third-order valence-electron chi connectivity index (χ3n) is 4.33. The monoisotopic (exact) mass is 314 g/mol. The highest BCUT2D eigenvalue weighted by Crippen LogP contribution is 2.34. The van der Waals surface area contributed by atoms with Crippen molar-refractivity contribution in [3.8, 4) is 0 Å². The number of fused-ring (bicyclic) bond motifs is 1.